The highest BCUT2D eigenvalue weighted by atomic mass is 16.5. The predicted octanol–water partition coefficient (Wildman–Crippen LogP) is 3.10. The standard InChI is InChI=1S/C28H30N4O6/c1-18-5-11-23(19(2)13-18)31-26(33)17-38-24-12-8-21(14-25(24)37-4)16-30-32-28(35)27(34)29-15-20-6-9-22(36-3)10-7-20/h5-14,16H,15,17H2,1-4H3,(H,29,34)(H,31,33)(H,32,35)/b30-16-. The number of methoxy groups -OCH3 is 2. The molecule has 3 N–H and O–H groups in total. The summed E-state index contributed by atoms with van der Waals surface area (Å²) in [6.45, 7) is 3.88. The monoisotopic (exact) mass is 518 g/mol. The number of aryl methyl sites for hydroxylation is 2. The van der Waals surface area contributed by atoms with Crippen LogP contribution < -0.4 is 30.3 Å². The van der Waals surface area contributed by atoms with Crippen molar-refractivity contribution in [2.24, 2.45) is 5.10 Å². The number of rotatable bonds is 10. The highest BCUT2D eigenvalue weighted by Gasteiger charge is 2.13. The van der Waals surface area contributed by atoms with Gasteiger partial charge in [0, 0.05) is 12.2 Å². The summed E-state index contributed by atoms with van der Waals surface area (Å²) in [6.07, 6.45) is 1.35. The van der Waals surface area contributed by atoms with Crippen LogP contribution in [-0.2, 0) is 20.9 Å². The summed E-state index contributed by atoms with van der Waals surface area (Å²) in [4.78, 5) is 36.3. The van der Waals surface area contributed by atoms with Gasteiger partial charge in [-0.3, -0.25) is 14.4 Å². The van der Waals surface area contributed by atoms with E-state index < -0.39 is 11.8 Å². The molecule has 0 bridgehead atoms. The van der Waals surface area contributed by atoms with E-state index in [-0.39, 0.29) is 19.1 Å². The van der Waals surface area contributed by atoms with Gasteiger partial charge in [0.05, 0.1) is 20.4 Å². The van der Waals surface area contributed by atoms with Crippen molar-refractivity contribution in [2.45, 2.75) is 20.4 Å². The molecule has 0 unspecified atom stereocenters. The Bertz CT molecular complexity index is 1320. The van der Waals surface area contributed by atoms with Gasteiger partial charge in [0.25, 0.3) is 5.91 Å². The van der Waals surface area contributed by atoms with E-state index >= 15 is 0 Å². The molecule has 0 heterocycles. The van der Waals surface area contributed by atoms with Gasteiger partial charge in [-0.15, -0.1) is 0 Å². The second-order valence-electron chi connectivity index (χ2n) is 8.30. The van der Waals surface area contributed by atoms with Gasteiger partial charge in [0.2, 0.25) is 0 Å². The number of nitrogens with zero attached hydrogens (tertiary/aromatic N) is 1. The van der Waals surface area contributed by atoms with Gasteiger partial charge in [0.1, 0.15) is 5.75 Å². The number of benzene rings is 3. The molecule has 0 aromatic heterocycles. The molecule has 0 aliphatic rings. The van der Waals surface area contributed by atoms with Crippen molar-refractivity contribution >= 4 is 29.6 Å². The molecule has 3 rings (SSSR count). The SMILES string of the molecule is COc1ccc(CNC(=O)C(=O)N/N=C\c2ccc(OCC(=O)Nc3ccc(C)cc3C)c(OC)c2)cc1. The van der Waals surface area contributed by atoms with Crippen molar-refractivity contribution in [3.05, 3.63) is 82.9 Å². The first kappa shape index (κ1) is 27.7. The van der Waals surface area contributed by atoms with Crippen LogP contribution in [0.15, 0.2) is 65.8 Å². The van der Waals surface area contributed by atoms with Crippen molar-refractivity contribution in [2.75, 3.05) is 26.1 Å². The van der Waals surface area contributed by atoms with E-state index in [9.17, 15) is 14.4 Å². The first-order valence-corrected chi connectivity index (χ1v) is 11.7. The van der Waals surface area contributed by atoms with Crippen molar-refractivity contribution in [1.82, 2.24) is 10.7 Å². The molecular formula is C28H30N4O6. The number of carbonyl (C=O) groups excluding carboxylic acids is 3. The fraction of sp³-hybridized carbons (Fsp3) is 0.214. The first-order chi connectivity index (χ1) is 18.3. The Labute approximate surface area is 221 Å². The fourth-order valence-electron chi connectivity index (χ4n) is 3.39. The van der Waals surface area contributed by atoms with E-state index in [1.54, 1.807) is 49.6 Å². The lowest BCUT2D eigenvalue weighted by Crippen LogP contribution is -2.37. The van der Waals surface area contributed by atoms with Crippen LogP contribution in [0.4, 0.5) is 5.69 Å². The number of anilines is 1. The van der Waals surface area contributed by atoms with Crippen LogP contribution in [0, 0.1) is 13.8 Å². The summed E-state index contributed by atoms with van der Waals surface area (Å²) >= 11 is 0. The summed E-state index contributed by atoms with van der Waals surface area (Å²) in [6, 6.07) is 17.8. The van der Waals surface area contributed by atoms with Gasteiger partial charge in [-0.05, 0) is 66.9 Å². The smallest absolute Gasteiger partial charge is 0.329 e. The fourth-order valence-corrected chi connectivity index (χ4v) is 3.39. The number of ether oxygens (including phenoxy) is 3. The van der Waals surface area contributed by atoms with Crippen molar-refractivity contribution in [3.63, 3.8) is 0 Å². The number of nitrogens with one attached hydrogen (secondary N) is 3. The molecule has 0 saturated heterocycles. The van der Waals surface area contributed by atoms with E-state index in [2.05, 4.69) is 21.2 Å². The summed E-state index contributed by atoms with van der Waals surface area (Å²) < 4.78 is 16.0. The third-order valence-corrected chi connectivity index (χ3v) is 5.40. The summed E-state index contributed by atoms with van der Waals surface area (Å²) in [5.74, 6) is -0.603. The van der Waals surface area contributed by atoms with Crippen LogP contribution in [0.5, 0.6) is 17.2 Å². The second kappa shape index (κ2) is 13.4. The Morgan fingerprint density at radius 2 is 1.63 bits per heavy atom. The van der Waals surface area contributed by atoms with Crippen LogP contribution in [0.3, 0.4) is 0 Å². The number of hydrogen-bond donors (Lipinski definition) is 3. The van der Waals surface area contributed by atoms with Crippen molar-refractivity contribution < 1.29 is 28.6 Å². The van der Waals surface area contributed by atoms with Crippen LogP contribution in [0.2, 0.25) is 0 Å². The Hall–Kier alpha value is -4.86. The highest BCUT2D eigenvalue weighted by molar-refractivity contribution is 6.35. The number of carbonyl (C=O) groups is 3. The quantitative estimate of drug-likeness (QED) is 0.215. The topological polar surface area (TPSA) is 127 Å². The maximum absolute atomic E-state index is 12.3. The third kappa shape index (κ3) is 8.09. The van der Waals surface area contributed by atoms with Crippen LogP contribution >= 0.6 is 0 Å². The lowest BCUT2D eigenvalue weighted by atomic mass is 10.1. The zero-order chi connectivity index (χ0) is 27.5. The Balaban J connectivity index is 1.49. The van der Waals surface area contributed by atoms with Crippen LogP contribution in [0.1, 0.15) is 22.3 Å². The maximum atomic E-state index is 12.3. The lowest BCUT2D eigenvalue weighted by Gasteiger charge is -2.12. The summed E-state index contributed by atoms with van der Waals surface area (Å²) in [5.41, 5.74) is 6.36. The van der Waals surface area contributed by atoms with E-state index in [1.807, 2.05) is 32.0 Å². The molecule has 38 heavy (non-hydrogen) atoms. The predicted molar refractivity (Wildman–Crippen MR) is 144 cm³/mol. The van der Waals surface area contributed by atoms with Crippen molar-refractivity contribution in [1.29, 1.82) is 0 Å². The summed E-state index contributed by atoms with van der Waals surface area (Å²) in [5, 5.41) is 9.16. The first-order valence-electron chi connectivity index (χ1n) is 11.7. The third-order valence-electron chi connectivity index (χ3n) is 5.40. The average Bonchev–Trinajstić information content (AvgIpc) is 2.92. The molecule has 0 saturated carbocycles. The average molecular weight is 519 g/mol. The molecule has 0 aliphatic carbocycles. The minimum atomic E-state index is -0.906. The Morgan fingerprint density at radius 1 is 0.868 bits per heavy atom. The van der Waals surface area contributed by atoms with Gasteiger partial charge in [-0.2, -0.15) is 5.10 Å². The molecule has 0 aliphatic heterocycles. The molecule has 0 radical (unpaired) electrons. The van der Waals surface area contributed by atoms with Crippen LogP contribution in [0.25, 0.3) is 0 Å². The van der Waals surface area contributed by atoms with Crippen LogP contribution in [-0.4, -0.2) is 44.8 Å². The molecule has 0 spiro atoms. The minimum Gasteiger partial charge on any atom is -0.497 e. The molecule has 10 nitrogen and oxygen atoms in total. The normalized spacial score (nSPS) is 10.5. The number of hydrazone groups is 1. The van der Waals surface area contributed by atoms with Gasteiger partial charge in [0.15, 0.2) is 18.1 Å². The maximum Gasteiger partial charge on any atom is 0.329 e. The van der Waals surface area contributed by atoms with Gasteiger partial charge in [-0.1, -0.05) is 29.8 Å². The lowest BCUT2D eigenvalue weighted by molar-refractivity contribution is -0.139. The number of amides is 3. The van der Waals surface area contributed by atoms with E-state index in [4.69, 9.17) is 14.2 Å². The van der Waals surface area contributed by atoms with Gasteiger partial charge >= 0.3 is 11.8 Å². The second-order valence-corrected chi connectivity index (χ2v) is 8.30. The molecule has 0 atom stereocenters. The number of hydrogen-bond acceptors (Lipinski definition) is 7. The molecule has 0 fully saturated rings. The summed E-state index contributed by atoms with van der Waals surface area (Å²) in [7, 11) is 3.03. The Kier molecular flexibility index (Phi) is 9.81. The molecule has 198 valence electrons. The van der Waals surface area contributed by atoms with Crippen molar-refractivity contribution in [3.8, 4) is 17.2 Å². The van der Waals surface area contributed by atoms with E-state index in [1.165, 1.54) is 13.3 Å². The molecule has 3 aromatic rings. The van der Waals surface area contributed by atoms with E-state index in [0.29, 0.717) is 22.8 Å². The van der Waals surface area contributed by atoms with E-state index in [0.717, 1.165) is 22.4 Å². The molecule has 10 heteroatoms. The highest BCUT2D eigenvalue weighted by Crippen LogP contribution is 2.27. The molecule has 3 amide bonds. The minimum absolute atomic E-state index is 0.182. The zero-order valence-electron chi connectivity index (χ0n) is 21.7. The zero-order valence-corrected chi connectivity index (χ0v) is 21.7. The molecule has 3 aromatic carbocycles. The van der Waals surface area contributed by atoms with Gasteiger partial charge < -0.3 is 24.8 Å². The Morgan fingerprint density at radius 3 is 2.32 bits per heavy atom. The van der Waals surface area contributed by atoms with Gasteiger partial charge in [-0.25, -0.2) is 5.43 Å². The molecular weight excluding hydrogens is 488 g/mol. The largest absolute Gasteiger partial charge is 0.497 e.